The van der Waals surface area contributed by atoms with E-state index in [0.717, 1.165) is 19.4 Å². The third-order valence-electron chi connectivity index (χ3n) is 2.54. The Hall–Kier alpha value is -1.75. The first-order valence-corrected chi connectivity index (χ1v) is 5.26. The number of imide groups is 1. The van der Waals surface area contributed by atoms with Crippen LogP contribution < -0.4 is 10.6 Å². The van der Waals surface area contributed by atoms with E-state index in [9.17, 15) is 9.59 Å². The highest BCUT2D eigenvalue weighted by atomic mass is 16.2. The molecule has 5 heteroatoms. The van der Waals surface area contributed by atoms with Gasteiger partial charge in [-0.05, 0) is 31.5 Å². The lowest BCUT2D eigenvalue weighted by atomic mass is 10.2. The van der Waals surface area contributed by atoms with Crippen LogP contribution in [0.2, 0.25) is 0 Å². The Kier molecular flexibility index (Phi) is 3.26. The zero-order chi connectivity index (χ0) is 11.4. The molecule has 2 rings (SSSR count). The molecule has 1 unspecified atom stereocenters. The second-order valence-corrected chi connectivity index (χ2v) is 3.71. The summed E-state index contributed by atoms with van der Waals surface area (Å²) in [4.78, 5) is 27.0. The van der Waals surface area contributed by atoms with Gasteiger partial charge in [0.2, 0.25) is 5.91 Å². The van der Waals surface area contributed by atoms with Crippen molar-refractivity contribution in [2.24, 2.45) is 0 Å². The van der Waals surface area contributed by atoms with Gasteiger partial charge in [0.1, 0.15) is 0 Å². The number of nitrogens with one attached hydrogen (secondary N) is 2. The van der Waals surface area contributed by atoms with E-state index in [1.54, 1.807) is 18.3 Å². The van der Waals surface area contributed by atoms with Gasteiger partial charge in [-0.2, -0.15) is 0 Å². The third-order valence-corrected chi connectivity index (χ3v) is 2.54. The Morgan fingerprint density at radius 1 is 1.50 bits per heavy atom. The molecule has 0 aliphatic carbocycles. The monoisotopic (exact) mass is 219 g/mol. The topological polar surface area (TPSA) is 71.1 Å². The molecule has 1 atom stereocenters. The van der Waals surface area contributed by atoms with Crippen molar-refractivity contribution in [3.63, 3.8) is 0 Å². The summed E-state index contributed by atoms with van der Waals surface area (Å²) in [6.45, 7) is 0.833. The second-order valence-electron chi connectivity index (χ2n) is 3.71. The smallest absolute Gasteiger partial charge is 0.259 e. The first-order valence-electron chi connectivity index (χ1n) is 5.26. The lowest BCUT2D eigenvalue weighted by Gasteiger charge is -2.09. The highest BCUT2D eigenvalue weighted by Gasteiger charge is 2.23. The van der Waals surface area contributed by atoms with Gasteiger partial charge < -0.3 is 5.32 Å². The molecule has 5 nitrogen and oxygen atoms in total. The molecule has 0 bridgehead atoms. The normalized spacial score (nSPS) is 19.4. The first kappa shape index (κ1) is 10.8. The molecule has 1 aliphatic rings. The summed E-state index contributed by atoms with van der Waals surface area (Å²) in [5.74, 6) is -0.654. The highest BCUT2D eigenvalue weighted by Crippen LogP contribution is 2.05. The van der Waals surface area contributed by atoms with E-state index in [1.807, 2.05) is 0 Å². The molecular formula is C11H13N3O2. The van der Waals surface area contributed by atoms with Crippen molar-refractivity contribution in [1.82, 2.24) is 15.6 Å². The molecule has 1 aromatic heterocycles. The molecule has 1 fully saturated rings. The predicted octanol–water partition coefficient (Wildman–Crippen LogP) is 0.0900. The second kappa shape index (κ2) is 4.85. The molecule has 2 amide bonds. The van der Waals surface area contributed by atoms with Crippen LogP contribution in [0.25, 0.3) is 0 Å². The minimum absolute atomic E-state index is 0.236. The Morgan fingerprint density at radius 2 is 2.38 bits per heavy atom. The number of hydrogen-bond acceptors (Lipinski definition) is 4. The van der Waals surface area contributed by atoms with Gasteiger partial charge in [-0.1, -0.05) is 0 Å². The van der Waals surface area contributed by atoms with Crippen LogP contribution in [0.4, 0.5) is 0 Å². The molecule has 1 saturated heterocycles. The van der Waals surface area contributed by atoms with Crippen LogP contribution in [0.5, 0.6) is 0 Å². The lowest BCUT2D eigenvalue weighted by Crippen LogP contribution is -2.43. The number of rotatable bonds is 2. The van der Waals surface area contributed by atoms with Gasteiger partial charge in [-0.3, -0.25) is 19.9 Å². The fraction of sp³-hybridized carbons (Fsp3) is 0.364. The largest absolute Gasteiger partial charge is 0.306 e. The van der Waals surface area contributed by atoms with E-state index in [1.165, 1.54) is 6.20 Å². The van der Waals surface area contributed by atoms with Gasteiger partial charge in [-0.25, -0.2) is 0 Å². The molecule has 1 aliphatic heterocycles. The summed E-state index contributed by atoms with van der Waals surface area (Å²) >= 11 is 0. The van der Waals surface area contributed by atoms with Crippen molar-refractivity contribution in [3.05, 3.63) is 30.1 Å². The summed E-state index contributed by atoms with van der Waals surface area (Å²) in [5, 5.41) is 5.39. The number of pyridine rings is 1. The number of aromatic nitrogens is 1. The average Bonchev–Trinajstić information content (AvgIpc) is 2.83. The van der Waals surface area contributed by atoms with E-state index in [2.05, 4.69) is 15.6 Å². The predicted molar refractivity (Wildman–Crippen MR) is 57.7 cm³/mol. The fourth-order valence-electron chi connectivity index (χ4n) is 1.68. The SMILES string of the molecule is O=C(NC(=O)C1CCCN1)c1cccnc1. The van der Waals surface area contributed by atoms with E-state index in [0.29, 0.717) is 5.56 Å². The van der Waals surface area contributed by atoms with Crippen molar-refractivity contribution in [1.29, 1.82) is 0 Å². The first-order chi connectivity index (χ1) is 7.77. The van der Waals surface area contributed by atoms with Crippen LogP contribution in [-0.2, 0) is 4.79 Å². The van der Waals surface area contributed by atoms with Crippen molar-refractivity contribution in [2.45, 2.75) is 18.9 Å². The van der Waals surface area contributed by atoms with Crippen LogP contribution >= 0.6 is 0 Å². The molecule has 2 N–H and O–H groups in total. The molecule has 1 aromatic rings. The van der Waals surface area contributed by atoms with Crippen LogP contribution in [-0.4, -0.2) is 29.4 Å². The zero-order valence-corrected chi connectivity index (χ0v) is 8.77. The van der Waals surface area contributed by atoms with Gasteiger partial charge in [-0.15, -0.1) is 0 Å². The lowest BCUT2D eigenvalue weighted by molar-refractivity contribution is -0.121. The Morgan fingerprint density at radius 3 is 3.00 bits per heavy atom. The van der Waals surface area contributed by atoms with Crippen molar-refractivity contribution >= 4 is 11.8 Å². The average molecular weight is 219 g/mol. The molecule has 0 radical (unpaired) electrons. The maximum atomic E-state index is 11.6. The molecule has 0 spiro atoms. The molecule has 2 heterocycles. The molecule has 0 saturated carbocycles. The molecule has 0 aromatic carbocycles. The molecular weight excluding hydrogens is 206 g/mol. The van der Waals surface area contributed by atoms with Gasteiger partial charge in [0.05, 0.1) is 11.6 Å². The maximum Gasteiger partial charge on any atom is 0.259 e. The fourth-order valence-corrected chi connectivity index (χ4v) is 1.68. The number of hydrogen-bond donors (Lipinski definition) is 2. The van der Waals surface area contributed by atoms with E-state index < -0.39 is 5.91 Å². The van der Waals surface area contributed by atoms with Gasteiger partial charge >= 0.3 is 0 Å². The van der Waals surface area contributed by atoms with Crippen LogP contribution in [0.3, 0.4) is 0 Å². The quantitative estimate of drug-likeness (QED) is 0.691. The third kappa shape index (κ3) is 2.43. The van der Waals surface area contributed by atoms with Crippen molar-refractivity contribution in [2.75, 3.05) is 6.54 Å². The summed E-state index contributed by atoms with van der Waals surface area (Å²) < 4.78 is 0. The van der Waals surface area contributed by atoms with Crippen LogP contribution in [0.15, 0.2) is 24.5 Å². The Labute approximate surface area is 93.3 Å². The van der Waals surface area contributed by atoms with Gasteiger partial charge in [0, 0.05) is 12.4 Å². The van der Waals surface area contributed by atoms with Crippen LogP contribution in [0.1, 0.15) is 23.2 Å². The molecule has 16 heavy (non-hydrogen) atoms. The Balaban J connectivity index is 1.94. The zero-order valence-electron chi connectivity index (χ0n) is 8.77. The standard InChI is InChI=1S/C11H13N3O2/c15-10(8-3-1-5-12-7-8)14-11(16)9-4-2-6-13-9/h1,3,5,7,9,13H,2,4,6H2,(H,14,15,16). The number of nitrogens with zero attached hydrogens (tertiary/aromatic N) is 1. The Bertz CT molecular complexity index is 385. The maximum absolute atomic E-state index is 11.6. The van der Waals surface area contributed by atoms with Gasteiger partial charge in [0.25, 0.3) is 5.91 Å². The highest BCUT2D eigenvalue weighted by molar-refractivity contribution is 6.05. The van der Waals surface area contributed by atoms with Crippen molar-refractivity contribution in [3.8, 4) is 0 Å². The summed E-state index contributed by atoms with van der Waals surface area (Å²) in [6.07, 6.45) is 4.77. The van der Waals surface area contributed by atoms with Crippen molar-refractivity contribution < 1.29 is 9.59 Å². The van der Waals surface area contributed by atoms with E-state index in [-0.39, 0.29) is 11.9 Å². The van der Waals surface area contributed by atoms with E-state index in [4.69, 9.17) is 0 Å². The summed E-state index contributed by atoms with van der Waals surface area (Å²) in [5.41, 5.74) is 0.397. The van der Waals surface area contributed by atoms with E-state index >= 15 is 0 Å². The van der Waals surface area contributed by atoms with Gasteiger partial charge in [0.15, 0.2) is 0 Å². The summed E-state index contributed by atoms with van der Waals surface area (Å²) in [7, 11) is 0. The molecule has 84 valence electrons. The minimum atomic E-state index is -0.396. The van der Waals surface area contributed by atoms with Crippen LogP contribution in [0, 0.1) is 0 Å². The number of carbonyl (C=O) groups excluding carboxylic acids is 2. The summed E-state index contributed by atoms with van der Waals surface area (Å²) in [6, 6.07) is 3.05. The number of amides is 2. The minimum Gasteiger partial charge on any atom is -0.306 e. The number of carbonyl (C=O) groups is 2.